The predicted molar refractivity (Wildman–Crippen MR) is 63.8 cm³/mol. The fourth-order valence-corrected chi connectivity index (χ4v) is 1.58. The van der Waals surface area contributed by atoms with Gasteiger partial charge in [-0.05, 0) is 12.1 Å². The summed E-state index contributed by atoms with van der Waals surface area (Å²) in [6, 6.07) is 2.97. The number of pyridine rings is 1. The minimum Gasteiger partial charge on any atom is -0.384 e. The lowest BCUT2D eigenvalue weighted by Gasteiger charge is -2.05. The first-order valence-corrected chi connectivity index (χ1v) is 6.72. The lowest BCUT2D eigenvalue weighted by Crippen LogP contribution is -2.34. The summed E-state index contributed by atoms with van der Waals surface area (Å²) >= 11 is 0. The van der Waals surface area contributed by atoms with E-state index >= 15 is 0 Å². The third-order valence-corrected chi connectivity index (χ3v) is 2.55. The van der Waals surface area contributed by atoms with Gasteiger partial charge in [-0.3, -0.25) is 4.79 Å². The molecule has 17 heavy (non-hydrogen) atoms. The number of anilines is 1. The Morgan fingerprint density at radius 2 is 2.18 bits per heavy atom. The Morgan fingerprint density at radius 1 is 1.47 bits per heavy atom. The van der Waals surface area contributed by atoms with Gasteiger partial charge >= 0.3 is 0 Å². The molecule has 0 spiro atoms. The standard InChI is InChI=1S/C9H14N4O3S/c1-17(15,16)13-5-4-12-9(14)7-2-3-11-8(10)6-7/h2-3,6,13H,4-5H2,1H3,(H2,10,11)(H,12,14). The minimum absolute atomic E-state index is 0.144. The number of carbonyl (C=O) groups is 1. The number of sulfonamides is 1. The fourth-order valence-electron chi connectivity index (χ4n) is 1.10. The van der Waals surface area contributed by atoms with Crippen molar-refractivity contribution in [2.45, 2.75) is 0 Å². The predicted octanol–water partition coefficient (Wildman–Crippen LogP) is -1.06. The van der Waals surface area contributed by atoms with Crippen LogP contribution in [0.5, 0.6) is 0 Å². The number of hydrogen-bond donors (Lipinski definition) is 3. The first kappa shape index (κ1) is 13.4. The van der Waals surface area contributed by atoms with Crippen molar-refractivity contribution in [1.29, 1.82) is 0 Å². The monoisotopic (exact) mass is 258 g/mol. The van der Waals surface area contributed by atoms with Crippen LogP contribution in [0.3, 0.4) is 0 Å². The summed E-state index contributed by atoms with van der Waals surface area (Å²) in [4.78, 5) is 15.3. The number of nitrogen functional groups attached to an aromatic ring is 1. The first-order chi connectivity index (χ1) is 7.88. The molecular weight excluding hydrogens is 244 g/mol. The van der Waals surface area contributed by atoms with Crippen LogP contribution in [0.25, 0.3) is 0 Å². The zero-order valence-electron chi connectivity index (χ0n) is 9.30. The average molecular weight is 258 g/mol. The molecule has 7 nitrogen and oxygen atoms in total. The van der Waals surface area contributed by atoms with Crippen molar-refractivity contribution in [3.8, 4) is 0 Å². The van der Waals surface area contributed by atoms with Gasteiger partial charge in [0.05, 0.1) is 6.26 Å². The highest BCUT2D eigenvalue weighted by Gasteiger charge is 2.05. The van der Waals surface area contributed by atoms with Crippen LogP contribution >= 0.6 is 0 Å². The van der Waals surface area contributed by atoms with Crippen LogP contribution in [-0.2, 0) is 10.0 Å². The highest BCUT2D eigenvalue weighted by molar-refractivity contribution is 7.88. The first-order valence-electron chi connectivity index (χ1n) is 4.83. The summed E-state index contributed by atoms with van der Waals surface area (Å²) in [5.74, 6) is -0.0682. The molecular formula is C9H14N4O3S. The number of amides is 1. The second kappa shape index (κ2) is 5.60. The molecule has 1 rings (SSSR count). The minimum atomic E-state index is -3.22. The molecule has 1 amide bonds. The van der Waals surface area contributed by atoms with Gasteiger partial charge in [-0.1, -0.05) is 0 Å². The summed E-state index contributed by atoms with van der Waals surface area (Å²) in [5, 5.41) is 2.55. The van der Waals surface area contributed by atoms with Crippen LogP contribution in [0.2, 0.25) is 0 Å². The molecule has 4 N–H and O–H groups in total. The lowest BCUT2D eigenvalue weighted by atomic mass is 10.2. The summed E-state index contributed by atoms with van der Waals surface area (Å²) in [6.07, 6.45) is 2.48. The maximum atomic E-state index is 11.5. The normalized spacial score (nSPS) is 11.1. The molecule has 0 aromatic carbocycles. The zero-order chi connectivity index (χ0) is 12.9. The Bertz CT molecular complexity index is 501. The van der Waals surface area contributed by atoms with E-state index in [9.17, 15) is 13.2 Å². The SMILES string of the molecule is CS(=O)(=O)NCCNC(=O)c1ccnc(N)c1. The molecule has 0 radical (unpaired) electrons. The third kappa shape index (κ3) is 5.27. The molecule has 1 heterocycles. The molecule has 0 aliphatic carbocycles. The molecule has 0 unspecified atom stereocenters. The second-order valence-electron chi connectivity index (χ2n) is 3.39. The van der Waals surface area contributed by atoms with Crippen molar-refractivity contribution in [1.82, 2.24) is 15.0 Å². The van der Waals surface area contributed by atoms with Crippen molar-refractivity contribution in [2.24, 2.45) is 0 Å². The van der Waals surface area contributed by atoms with Gasteiger partial charge in [0.1, 0.15) is 5.82 Å². The van der Waals surface area contributed by atoms with Crippen LogP contribution in [-0.4, -0.2) is 38.7 Å². The van der Waals surface area contributed by atoms with E-state index in [0.717, 1.165) is 6.26 Å². The topological polar surface area (TPSA) is 114 Å². The van der Waals surface area contributed by atoms with E-state index in [0.29, 0.717) is 5.56 Å². The largest absolute Gasteiger partial charge is 0.384 e. The van der Waals surface area contributed by atoms with E-state index in [1.165, 1.54) is 18.3 Å². The highest BCUT2D eigenvalue weighted by Crippen LogP contribution is 2.01. The molecule has 0 aliphatic heterocycles. The highest BCUT2D eigenvalue weighted by atomic mass is 32.2. The Hall–Kier alpha value is -1.67. The van der Waals surface area contributed by atoms with Gasteiger partial charge in [-0.2, -0.15) is 0 Å². The summed E-state index contributed by atoms with van der Waals surface area (Å²) in [7, 11) is -3.22. The average Bonchev–Trinajstić information content (AvgIpc) is 2.23. The molecule has 94 valence electrons. The number of nitrogens with one attached hydrogen (secondary N) is 2. The molecule has 0 saturated heterocycles. The number of aromatic nitrogens is 1. The van der Waals surface area contributed by atoms with Crippen LogP contribution in [0.4, 0.5) is 5.82 Å². The number of hydrogen-bond acceptors (Lipinski definition) is 5. The van der Waals surface area contributed by atoms with Gasteiger partial charge in [0.25, 0.3) is 5.91 Å². The summed E-state index contributed by atoms with van der Waals surface area (Å²) in [5.41, 5.74) is 5.81. The number of rotatable bonds is 5. The third-order valence-electron chi connectivity index (χ3n) is 1.82. The van der Waals surface area contributed by atoms with Gasteiger partial charge < -0.3 is 11.1 Å². The van der Waals surface area contributed by atoms with E-state index in [1.807, 2.05) is 0 Å². The van der Waals surface area contributed by atoms with E-state index in [-0.39, 0.29) is 24.8 Å². The molecule has 0 bridgehead atoms. The van der Waals surface area contributed by atoms with Crippen molar-refractivity contribution < 1.29 is 13.2 Å². The van der Waals surface area contributed by atoms with E-state index < -0.39 is 10.0 Å². The van der Waals surface area contributed by atoms with E-state index in [1.54, 1.807) is 0 Å². The van der Waals surface area contributed by atoms with Crippen molar-refractivity contribution >= 4 is 21.7 Å². The summed E-state index contributed by atoms with van der Waals surface area (Å²) < 4.78 is 23.7. The Labute approximate surface area is 99.5 Å². The van der Waals surface area contributed by atoms with Gasteiger partial charge in [0.2, 0.25) is 10.0 Å². The molecule has 0 atom stereocenters. The maximum Gasteiger partial charge on any atom is 0.251 e. The van der Waals surface area contributed by atoms with Crippen molar-refractivity contribution in [2.75, 3.05) is 25.1 Å². The van der Waals surface area contributed by atoms with Crippen molar-refractivity contribution in [3.05, 3.63) is 23.9 Å². The van der Waals surface area contributed by atoms with Gasteiger partial charge in [0, 0.05) is 24.8 Å². The van der Waals surface area contributed by atoms with E-state index in [2.05, 4.69) is 15.0 Å². The second-order valence-corrected chi connectivity index (χ2v) is 5.22. The molecule has 1 aromatic heterocycles. The Kier molecular flexibility index (Phi) is 4.41. The molecule has 8 heteroatoms. The van der Waals surface area contributed by atoms with Gasteiger partial charge in [-0.25, -0.2) is 18.1 Å². The van der Waals surface area contributed by atoms with Crippen molar-refractivity contribution in [3.63, 3.8) is 0 Å². The fraction of sp³-hybridized carbons (Fsp3) is 0.333. The maximum absolute atomic E-state index is 11.5. The van der Waals surface area contributed by atoms with Gasteiger partial charge in [0.15, 0.2) is 0 Å². The molecule has 0 saturated carbocycles. The number of nitrogens with two attached hydrogens (primary N) is 1. The van der Waals surface area contributed by atoms with E-state index in [4.69, 9.17) is 5.73 Å². The van der Waals surface area contributed by atoms with Crippen LogP contribution in [0, 0.1) is 0 Å². The van der Waals surface area contributed by atoms with Crippen LogP contribution < -0.4 is 15.8 Å². The lowest BCUT2D eigenvalue weighted by molar-refractivity contribution is 0.0954. The number of carbonyl (C=O) groups excluding carboxylic acids is 1. The molecule has 1 aromatic rings. The van der Waals surface area contributed by atoms with Crippen LogP contribution in [0.15, 0.2) is 18.3 Å². The quantitative estimate of drug-likeness (QED) is 0.583. The van der Waals surface area contributed by atoms with Crippen LogP contribution in [0.1, 0.15) is 10.4 Å². The Balaban J connectivity index is 2.41. The number of nitrogens with zero attached hydrogens (tertiary/aromatic N) is 1. The molecule has 0 fully saturated rings. The van der Waals surface area contributed by atoms with Gasteiger partial charge in [-0.15, -0.1) is 0 Å². The Morgan fingerprint density at radius 3 is 2.76 bits per heavy atom. The smallest absolute Gasteiger partial charge is 0.251 e. The molecule has 0 aliphatic rings. The summed E-state index contributed by atoms with van der Waals surface area (Å²) in [6.45, 7) is 0.346. The zero-order valence-corrected chi connectivity index (χ0v) is 10.1.